The Hall–Kier alpha value is -3.49. The van der Waals surface area contributed by atoms with E-state index in [9.17, 15) is 19.5 Å². The average molecular weight is 768 g/mol. The van der Waals surface area contributed by atoms with Gasteiger partial charge in [-0.25, -0.2) is 0 Å². The van der Waals surface area contributed by atoms with Gasteiger partial charge >= 0.3 is 11.9 Å². The molecule has 55 heavy (non-hydrogen) atoms. The number of carboxylic acids is 1. The highest BCUT2D eigenvalue weighted by molar-refractivity contribution is 5.70. The van der Waals surface area contributed by atoms with E-state index in [0.29, 0.717) is 12.8 Å². The van der Waals surface area contributed by atoms with Crippen molar-refractivity contribution in [3.05, 3.63) is 85.1 Å². The maximum atomic E-state index is 12.7. The van der Waals surface area contributed by atoms with Crippen LogP contribution in [0.5, 0.6) is 0 Å². The number of carbonyl (C=O) groups excluding carboxylic acids is 3. The van der Waals surface area contributed by atoms with Crippen molar-refractivity contribution >= 4 is 17.9 Å². The maximum Gasteiger partial charge on any atom is 0.306 e. The minimum absolute atomic E-state index is 0.00823. The van der Waals surface area contributed by atoms with Crippen LogP contribution in [-0.2, 0) is 28.6 Å². The molecular weight excluding hydrogens is 691 g/mol. The summed E-state index contributed by atoms with van der Waals surface area (Å²) in [5.41, 5.74) is 0. The van der Waals surface area contributed by atoms with Crippen molar-refractivity contribution in [2.45, 2.75) is 154 Å². The van der Waals surface area contributed by atoms with Crippen LogP contribution in [-0.4, -0.2) is 75.5 Å². The van der Waals surface area contributed by atoms with Gasteiger partial charge in [0.05, 0.1) is 40.3 Å². The van der Waals surface area contributed by atoms with Gasteiger partial charge in [0, 0.05) is 19.3 Å². The quantitative estimate of drug-likeness (QED) is 0.0271. The fraction of sp³-hybridized carbons (Fsp3) is 0.638. The lowest BCUT2D eigenvalue weighted by Crippen LogP contribution is -2.55. The molecule has 2 unspecified atom stereocenters. The van der Waals surface area contributed by atoms with Crippen LogP contribution in [0.15, 0.2) is 85.1 Å². The summed E-state index contributed by atoms with van der Waals surface area (Å²) in [6.45, 7) is 4.40. The zero-order valence-electron chi connectivity index (χ0n) is 35.3. The average Bonchev–Trinajstić information content (AvgIpc) is 3.14. The van der Waals surface area contributed by atoms with Crippen molar-refractivity contribution in [2.75, 3.05) is 41.0 Å². The van der Waals surface area contributed by atoms with Crippen LogP contribution in [0.1, 0.15) is 142 Å². The van der Waals surface area contributed by atoms with Crippen LogP contribution in [0.2, 0.25) is 0 Å². The van der Waals surface area contributed by atoms with E-state index in [1.807, 2.05) is 0 Å². The molecule has 0 N–H and O–H groups in total. The summed E-state index contributed by atoms with van der Waals surface area (Å²) in [5.74, 6) is -1.84. The first-order valence-electron chi connectivity index (χ1n) is 21.1. The van der Waals surface area contributed by atoms with Crippen LogP contribution in [0, 0.1) is 0 Å². The minimum Gasteiger partial charge on any atom is -0.544 e. The summed E-state index contributed by atoms with van der Waals surface area (Å²) in [6, 6.07) is -0.742. The number of carbonyl (C=O) groups is 3. The molecule has 0 radical (unpaired) electrons. The molecule has 0 aromatic rings. The van der Waals surface area contributed by atoms with E-state index < -0.39 is 18.1 Å². The second-order valence-corrected chi connectivity index (χ2v) is 14.8. The number of carboxylic acid groups (broad SMARTS) is 1. The van der Waals surface area contributed by atoms with Gasteiger partial charge in [0.25, 0.3) is 0 Å². The summed E-state index contributed by atoms with van der Waals surface area (Å²) < 4.78 is 17.1. The Balaban J connectivity index is 4.52. The molecule has 0 saturated heterocycles. The topological polar surface area (TPSA) is 102 Å². The first-order valence-corrected chi connectivity index (χ1v) is 21.1. The van der Waals surface area contributed by atoms with Crippen molar-refractivity contribution in [1.29, 1.82) is 0 Å². The van der Waals surface area contributed by atoms with Gasteiger partial charge in [0.1, 0.15) is 12.6 Å². The number of esters is 2. The highest BCUT2D eigenvalue weighted by Crippen LogP contribution is 2.11. The van der Waals surface area contributed by atoms with Crippen LogP contribution < -0.4 is 5.11 Å². The zero-order chi connectivity index (χ0) is 40.7. The van der Waals surface area contributed by atoms with E-state index in [1.165, 1.54) is 19.3 Å². The number of allylic oxidation sites excluding steroid dienone is 14. The van der Waals surface area contributed by atoms with Crippen molar-refractivity contribution in [3.8, 4) is 0 Å². The first kappa shape index (κ1) is 51.5. The third-order valence-corrected chi connectivity index (χ3v) is 8.77. The largest absolute Gasteiger partial charge is 0.544 e. The maximum absolute atomic E-state index is 12.7. The lowest BCUT2D eigenvalue weighted by atomic mass is 10.1. The number of quaternary nitrogens is 1. The smallest absolute Gasteiger partial charge is 0.306 e. The molecule has 312 valence electrons. The molecule has 0 fully saturated rings. The predicted molar refractivity (Wildman–Crippen MR) is 226 cm³/mol. The molecule has 0 aliphatic heterocycles. The van der Waals surface area contributed by atoms with E-state index in [0.717, 1.165) is 83.5 Å². The van der Waals surface area contributed by atoms with Gasteiger partial charge in [-0.3, -0.25) is 9.59 Å². The molecular formula is C47H77NO7. The zero-order valence-corrected chi connectivity index (χ0v) is 35.3. The summed E-state index contributed by atoms with van der Waals surface area (Å²) in [7, 11) is 5.37. The van der Waals surface area contributed by atoms with Crippen molar-refractivity contribution in [2.24, 2.45) is 0 Å². The molecule has 8 heteroatoms. The number of hydrogen-bond acceptors (Lipinski definition) is 7. The lowest BCUT2D eigenvalue weighted by molar-refractivity contribution is -0.889. The molecule has 0 spiro atoms. The van der Waals surface area contributed by atoms with Crippen molar-refractivity contribution in [1.82, 2.24) is 0 Å². The molecule has 0 saturated carbocycles. The Kier molecular flexibility index (Phi) is 35.1. The second kappa shape index (κ2) is 37.4. The van der Waals surface area contributed by atoms with Gasteiger partial charge in [-0.05, 0) is 77.0 Å². The molecule has 0 amide bonds. The Bertz CT molecular complexity index is 1170. The van der Waals surface area contributed by atoms with Gasteiger partial charge in [0.2, 0.25) is 0 Å². The molecule has 2 atom stereocenters. The Labute approximate surface area is 335 Å². The monoisotopic (exact) mass is 768 g/mol. The van der Waals surface area contributed by atoms with Crippen LogP contribution in [0.3, 0.4) is 0 Å². The highest BCUT2D eigenvalue weighted by atomic mass is 16.6. The fourth-order valence-corrected chi connectivity index (χ4v) is 5.47. The normalized spacial score (nSPS) is 13.8. The first-order chi connectivity index (χ1) is 26.6. The van der Waals surface area contributed by atoms with E-state index >= 15 is 0 Å². The van der Waals surface area contributed by atoms with E-state index in [2.05, 4.69) is 98.9 Å². The number of ether oxygens (including phenoxy) is 3. The number of hydrogen-bond donors (Lipinski definition) is 0. The number of aliphatic carboxylic acids is 1. The third kappa shape index (κ3) is 35.9. The van der Waals surface area contributed by atoms with Crippen LogP contribution in [0.4, 0.5) is 0 Å². The molecule has 0 aliphatic carbocycles. The molecule has 0 aromatic heterocycles. The van der Waals surface area contributed by atoms with E-state index in [4.69, 9.17) is 14.2 Å². The van der Waals surface area contributed by atoms with Crippen LogP contribution in [0.25, 0.3) is 0 Å². The Morgan fingerprint density at radius 2 is 1.04 bits per heavy atom. The Morgan fingerprint density at radius 1 is 0.564 bits per heavy atom. The van der Waals surface area contributed by atoms with Gasteiger partial charge in [-0.2, -0.15) is 0 Å². The van der Waals surface area contributed by atoms with Gasteiger partial charge in [-0.1, -0.05) is 131 Å². The minimum atomic E-state index is -1.14. The van der Waals surface area contributed by atoms with Gasteiger partial charge in [-0.15, -0.1) is 0 Å². The molecule has 0 rings (SSSR count). The van der Waals surface area contributed by atoms with Crippen molar-refractivity contribution in [3.63, 3.8) is 0 Å². The second-order valence-electron chi connectivity index (χ2n) is 14.8. The third-order valence-electron chi connectivity index (χ3n) is 8.77. The summed E-state index contributed by atoms with van der Waals surface area (Å²) in [4.78, 5) is 36.8. The van der Waals surface area contributed by atoms with E-state index in [-0.39, 0.29) is 49.1 Å². The Morgan fingerprint density at radius 3 is 1.56 bits per heavy atom. The lowest BCUT2D eigenvalue weighted by Gasteiger charge is -2.34. The van der Waals surface area contributed by atoms with Gasteiger partial charge in [0.15, 0.2) is 6.10 Å². The highest BCUT2D eigenvalue weighted by Gasteiger charge is 2.25. The summed E-state index contributed by atoms with van der Waals surface area (Å²) >= 11 is 0. The number of nitrogens with zero attached hydrogens (tertiary/aromatic N) is 1. The predicted octanol–water partition coefficient (Wildman–Crippen LogP) is 10.0. The SMILES string of the molecule is CC/C=C\C/C=C\C/C=C\C/C=C\C/C=C\CCCC(=O)OC(COCCC(C(=O)[O-])[N+](C)(C)C)COC(=O)CCCCCCC/C=C\C/C=C\CCCC. The van der Waals surface area contributed by atoms with Crippen molar-refractivity contribution < 1.29 is 38.2 Å². The number of likely N-dealkylation sites (N-methyl/N-ethyl adjacent to an activating group) is 1. The number of rotatable bonds is 36. The molecule has 0 aliphatic rings. The molecule has 8 nitrogen and oxygen atoms in total. The van der Waals surface area contributed by atoms with Crippen LogP contribution >= 0.6 is 0 Å². The van der Waals surface area contributed by atoms with Gasteiger partial charge < -0.3 is 28.6 Å². The number of unbranched alkanes of at least 4 members (excludes halogenated alkanes) is 8. The fourth-order valence-electron chi connectivity index (χ4n) is 5.47. The summed E-state index contributed by atoms with van der Waals surface area (Å²) in [5, 5.41) is 11.6. The molecule has 0 heterocycles. The summed E-state index contributed by atoms with van der Waals surface area (Å²) in [6.07, 6.45) is 47.5. The standard InChI is InChI=1S/C47H77NO7/c1-6-8-10-12-14-16-18-20-22-23-24-26-28-30-32-34-36-38-46(50)55-43(41-53-40-39-44(47(51)52)48(3,4)5)42-54-45(49)37-35-33-31-29-27-25-21-19-17-15-13-11-9-7-2/h8,10,13-16,19-22,24,26,30,32,43-44H,6-7,9,11-12,17-18,23,25,27-29,31,33-42H2,1-5H3/b10-8-,15-13-,16-14-,21-19-,22-20-,26-24-,32-30-. The molecule has 0 bridgehead atoms. The van der Waals surface area contributed by atoms with E-state index in [1.54, 1.807) is 21.1 Å². The molecule has 0 aromatic carbocycles.